The largest absolute Gasteiger partial charge is 0.469 e. The molecule has 1 atom stereocenters. The second kappa shape index (κ2) is 21.0. The number of allylic oxidation sites excluding steroid dienone is 4. The maximum Gasteiger partial charge on any atom is 0.307 e. The van der Waals surface area contributed by atoms with Gasteiger partial charge in [-0.2, -0.15) is 0 Å². The van der Waals surface area contributed by atoms with Gasteiger partial charge in [-0.3, -0.25) is 24.2 Å². The predicted molar refractivity (Wildman–Crippen MR) is 192 cm³/mol. The second-order valence-electron chi connectivity index (χ2n) is 11.1. The molecule has 2 aliphatic heterocycles. The molecule has 0 saturated heterocycles. The van der Waals surface area contributed by atoms with E-state index in [4.69, 9.17) is 23.7 Å². The molecule has 3 aromatic rings. The van der Waals surface area contributed by atoms with Gasteiger partial charge in [-0.05, 0) is 72.0 Å². The zero-order valence-corrected chi connectivity index (χ0v) is 28.9. The topological polar surface area (TPSA) is 161 Å². The van der Waals surface area contributed by atoms with Crippen molar-refractivity contribution in [1.29, 1.82) is 0 Å². The van der Waals surface area contributed by atoms with Crippen molar-refractivity contribution in [3.8, 4) is 23.0 Å². The van der Waals surface area contributed by atoms with Gasteiger partial charge in [0.25, 0.3) is 0 Å². The number of fused-ring (bicyclic) bond motifs is 2. The highest BCUT2D eigenvalue weighted by molar-refractivity contribution is 5.93. The number of pyridine rings is 1. The van der Waals surface area contributed by atoms with Crippen LogP contribution in [0, 0.1) is 0 Å². The Morgan fingerprint density at radius 1 is 0.769 bits per heavy atom. The summed E-state index contributed by atoms with van der Waals surface area (Å²) in [5.74, 6) is 1.31. The van der Waals surface area contributed by atoms with Crippen molar-refractivity contribution in [1.82, 2.24) is 15.6 Å². The monoisotopic (exact) mass is 711 g/mol. The Bertz CT molecular complexity index is 1770. The smallest absolute Gasteiger partial charge is 0.307 e. The zero-order valence-electron chi connectivity index (χ0n) is 28.9. The number of hydrogen-bond acceptors (Lipinski definition) is 11. The minimum absolute atomic E-state index is 0.0196. The van der Waals surface area contributed by atoms with Crippen LogP contribution in [0.2, 0.25) is 0 Å². The molecule has 2 aromatic carbocycles. The minimum Gasteiger partial charge on any atom is -0.469 e. The lowest BCUT2D eigenvalue weighted by Crippen LogP contribution is -2.29. The maximum atomic E-state index is 12.3. The Balaban J connectivity index is 0.000000205. The van der Waals surface area contributed by atoms with Crippen LogP contribution in [0.5, 0.6) is 23.0 Å². The van der Waals surface area contributed by atoms with E-state index in [2.05, 4.69) is 44.7 Å². The summed E-state index contributed by atoms with van der Waals surface area (Å²) < 4.78 is 30.2. The number of rotatable bonds is 11. The van der Waals surface area contributed by atoms with Gasteiger partial charge >= 0.3 is 11.9 Å². The summed E-state index contributed by atoms with van der Waals surface area (Å²) in [5, 5.41) is 5.39. The molecule has 52 heavy (non-hydrogen) atoms. The van der Waals surface area contributed by atoms with Crippen LogP contribution in [-0.4, -0.2) is 63.1 Å². The summed E-state index contributed by atoms with van der Waals surface area (Å²) in [6.07, 6.45) is 20.5. The van der Waals surface area contributed by atoms with Crippen molar-refractivity contribution < 1.29 is 47.6 Å². The average molecular weight is 712 g/mol. The quantitative estimate of drug-likeness (QED) is 0.198. The molecule has 1 unspecified atom stereocenters. The minimum atomic E-state index is -0.523. The van der Waals surface area contributed by atoms with E-state index in [1.165, 1.54) is 39.2 Å². The molecule has 0 bridgehead atoms. The van der Waals surface area contributed by atoms with E-state index in [-0.39, 0.29) is 50.8 Å². The van der Waals surface area contributed by atoms with E-state index < -0.39 is 12.0 Å². The fourth-order valence-corrected chi connectivity index (χ4v) is 4.67. The normalized spacial score (nSPS) is 13.7. The van der Waals surface area contributed by atoms with Gasteiger partial charge in [-0.1, -0.05) is 42.5 Å². The van der Waals surface area contributed by atoms with E-state index in [0.29, 0.717) is 23.0 Å². The Hall–Kier alpha value is -6.37. The Kier molecular flexibility index (Phi) is 15.5. The van der Waals surface area contributed by atoms with Crippen LogP contribution in [-0.2, 0) is 28.7 Å². The number of carbonyl (C=O) groups is 4. The van der Waals surface area contributed by atoms with E-state index in [0.717, 1.165) is 16.7 Å². The number of nitrogens with zero attached hydrogens (tertiary/aromatic N) is 1. The Labute approximate surface area is 301 Å². The molecule has 2 amide bonds. The van der Waals surface area contributed by atoms with Crippen LogP contribution >= 0.6 is 0 Å². The summed E-state index contributed by atoms with van der Waals surface area (Å²) in [5.41, 5.74) is 2.36. The Morgan fingerprint density at radius 3 is 1.87 bits per heavy atom. The first kappa shape index (κ1) is 38.4. The van der Waals surface area contributed by atoms with E-state index in [1.54, 1.807) is 60.9 Å². The molecule has 1 aromatic heterocycles. The molecule has 6 rings (SSSR count). The van der Waals surface area contributed by atoms with E-state index >= 15 is 0 Å². The molecule has 0 saturated carbocycles. The molecular weight excluding hydrogens is 670 g/mol. The lowest BCUT2D eigenvalue weighted by Gasteiger charge is -2.16. The molecule has 0 spiro atoms. The number of hydrogen-bond donors (Lipinski definition) is 2. The van der Waals surface area contributed by atoms with Gasteiger partial charge in [0, 0.05) is 31.1 Å². The molecule has 1 aliphatic carbocycles. The Morgan fingerprint density at radius 2 is 1.35 bits per heavy atom. The van der Waals surface area contributed by atoms with Crippen LogP contribution in [0.4, 0.5) is 0 Å². The second-order valence-corrected chi connectivity index (χ2v) is 11.1. The van der Waals surface area contributed by atoms with Crippen LogP contribution in [0.3, 0.4) is 0 Å². The van der Waals surface area contributed by atoms with E-state index in [9.17, 15) is 19.2 Å². The molecule has 272 valence electrons. The predicted octanol–water partition coefficient (Wildman–Crippen LogP) is 5.24. The maximum absolute atomic E-state index is 12.3. The number of aromatic nitrogens is 1. The first-order chi connectivity index (χ1) is 25.3. The lowest BCUT2D eigenvalue weighted by molar-refractivity contribution is -0.142. The van der Waals surface area contributed by atoms with Crippen molar-refractivity contribution in [3.05, 3.63) is 114 Å². The third kappa shape index (κ3) is 13.2. The fourth-order valence-electron chi connectivity index (χ4n) is 4.67. The van der Waals surface area contributed by atoms with Crippen molar-refractivity contribution in [2.24, 2.45) is 0 Å². The third-order valence-electron chi connectivity index (χ3n) is 7.39. The highest BCUT2D eigenvalue weighted by Gasteiger charge is 2.18. The van der Waals surface area contributed by atoms with Gasteiger partial charge in [0.1, 0.15) is 0 Å². The van der Waals surface area contributed by atoms with Gasteiger partial charge in [-0.25, -0.2) is 0 Å². The molecule has 0 radical (unpaired) electrons. The number of amides is 2. The van der Waals surface area contributed by atoms with Gasteiger partial charge in [0.2, 0.25) is 25.4 Å². The first-order valence-electron chi connectivity index (χ1n) is 16.4. The number of nitrogens with one attached hydrogen (secondary N) is 2. The number of benzene rings is 2. The number of methoxy groups -OCH3 is 2. The summed E-state index contributed by atoms with van der Waals surface area (Å²) in [6.45, 7) is 0.663. The van der Waals surface area contributed by atoms with Gasteiger partial charge in [0.15, 0.2) is 23.0 Å². The molecule has 3 heterocycles. The molecule has 2 N–H and O–H groups in total. The van der Waals surface area contributed by atoms with Crippen LogP contribution in [0.15, 0.2) is 97.4 Å². The van der Waals surface area contributed by atoms with Crippen LogP contribution in [0.25, 0.3) is 12.2 Å². The molecule has 13 heteroatoms. The number of carbonyl (C=O) groups excluding carboxylic acids is 4. The number of esters is 2. The van der Waals surface area contributed by atoms with Crippen molar-refractivity contribution in [3.63, 3.8) is 0 Å². The van der Waals surface area contributed by atoms with Gasteiger partial charge < -0.3 is 39.1 Å². The summed E-state index contributed by atoms with van der Waals surface area (Å²) >= 11 is 0. The molecule has 3 aliphatic rings. The highest BCUT2D eigenvalue weighted by Crippen LogP contribution is 2.33. The van der Waals surface area contributed by atoms with Gasteiger partial charge in [0.05, 0.1) is 33.1 Å². The highest BCUT2D eigenvalue weighted by atomic mass is 16.7. The summed E-state index contributed by atoms with van der Waals surface area (Å²) in [6, 6.07) is 13.8. The fraction of sp³-hybridized carbons (Fsp3) is 0.256. The zero-order chi connectivity index (χ0) is 37.0. The van der Waals surface area contributed by atoms with Crippen LogP contribution in [0.1, 0.15) is 48.4 Å². The number of ether oxygens (including phenoxy) is 6. The third-order valence-corrected chi connectivity index (χ3v) is 7.39. The average Bonchev–Trinajstić information content (AvgIpc) is 3.87. The summed E-state index contributed by atoms with van der Waals surface area (Å²) in [7, 11) is 2.62. The van der Waals surface area contributed by atoms with Crippen molar-refractivity contribution in [2.75, 3.05) is 34.4 Å². The standard InChI is InChI=1S/C19H18N2O5.C14H15NO5.C6H8/c1-24-19(23)10-15(14-3-2-8-20-11-14)21-18(22)7-5-13-4-6-16-17(9-13)26-12-25-16;1-18-14(17)6-7-15-13(16)5-3-10-2-4-11-12(8-10)20-9-19-11;1-2-4-6-5-3-1/h2-9,11,15H,10,12H2,1H3,(H,21,22);2-5,8H,6-7,9H2,1H3,(H,15,16);1-4H,5-6H2/b7-5+;5-3+;. The molecular formula is C39H41N3O10. The summed E-state index contributed by atoms with van der Waals surface area (Å²) in [4.78, 5) is 50.3. The molecule has 13 nitrogen and oxygen atoms in total. The van der Waals surface area contributed by atoms with Crippen molar-refractivity contribution >= 4 is 35.9 Å². The van der Waals surface area contributed by atoms with Crippen molar-refractivity contribution in [2.45, 2.75) is 31.7 Å². The van der Waals surface area contributed by atoms with Gasteiger partial charge in [-0.15, -0.1) is 0 Å². The molecule has 0 fully saturated rings. The van der Waals surface area contributed by atoms with Crippen LogP contribution < -0.4 is 29.6 Å². The lowest BCUT2D eigenvalue weighted by atomic mass is 10.1. The SMILES string of the molecule is C1=CCCC=C1.COC(=O)CC(NC(=O)/C=C/c1ccc2c(c1)OCO2)c1cccnc1.COC(=O)CCNC(=O)/C=C/c1ccc2c(c1)OCO2. The van der Waals surface area contributed by atoms with E-state index in [1.807, 2.05) is 12.1 Å². The first-order valence-corrected chi connectivity index (χ1v) is 16.4.